The number of nitrogens with zero attached hydrogens (tertiary/aromatic N) is 2. The molecule has 1 aliphatic rings. The van der Waals surface area contributed by atoms with E-state index in [0.29, 0.717) is 34.8 Å². The molecular formula is C10H12Cl2N4O. The van der Waals surface area contributed by atoms with Crippen molar-refractivity contribution in [1.82, 2.24) is 10.3 Å². The molecule has 0 bridgehead atoms. The van der Waals surface area contributed by atoms with E-state index in [2.05, 4.69) is 15.6 Å². The lowest BCUT2D eigenvalue weighted by molar-refractivity contribution is -0.120. The zero-order valence-corrected chi connectivity index (χ0v) is 10.8. The molecule has 92 valence electrons. The normalized spacial score (nSPS) is 15.7. The molecule has 5 nitrogen and oxygen atoms in total. The summed E-state index contributed by atoms with van der Waals surface area (Å²) in [6, 6.07) is 1.63. The summed E-state index contributed by atoms with van der Waals surface area (Å²) < 4.78 is 0. The van der Waals surface area contributed by atoms with Gasteiger partial charge in [-0.2, -0.15) is 0 Å². The van der Waals surface area contributed by atoms with Crippen LogP contribution in [0.1, 0.15) is 0 Å². The minimum absolute atomic E-state index is 0.0323. The summed E-state index contributed by atoms with van der Waals surface area (Å²) in [4.78, 5) is 17.5. The highest BCUT2D eigenvalue weighted by Crippen LogP contribution is 2.31. The Bertz CT molecular complexity index is 452. The van der Waals surface area contributed by atoms with Crippen LogP contribution < -0.4 is 15.5 Å². The number of aromatic nitrogens is 1. The quantitative estimate of drug-likeness (QED) is 0.855. The van der Waals surface area contributed by atoms with Gasteiger partial charge < -0.3 is 15.5 Å². The van der Waals surface area contributed by atoms with Crippen LogP contribution in [0.3, 0.4) is 0 Å². The molecule has 2 N–H and O–H groups in total. The van der Waals surface area contributed by atoms with Gasteiger partial charge in [0.2, 0.25) is 5.91 Å². The molecule has 0 aliphatic carbocycles. The van der Waals surface area contributed by atoms with E-state index in [-0.39, 0.29) is 12.5 Å². The highest BCUT2D eigenvalue weighted by molar-refractivity contribution is 6.37. The van der Waals surface area contributed by atoms with Crippen LogP contribution in [0.4, 0.5) is 11.6 Å². The van der Waals surface area contributed by atoms with E-state index >= 15 is 0 Å². The molecule has 1 amide bonds. The van der Waals surface area contributed by atoms with Gasteiger partial charge in [0.1, 0.15) is 11.6 Å². The number of hydrogen-bond donors (Lipinski definition) is 2. The van der Waals surface area contributed by atoms with Crippen LogP contribution in [0.5, 0.6) is 0 Å². The first-order chi connectivity index (χ1) is 8.11. The van der Waals surface area contributed by atoms with Crippen LogP contribution >= 0.6 is 23.2 Å². The fourth-order valence-electron chi connectivity index (χ4n) is 1.67. The van der Waals surface area contributed by atoms with Gasteiger partial charge in [-0.05, 0) is 6.07 Å². The first kappa shape index (κ1) is 12.3. The van der Waals surface area contributed by atoms with Gasteiger partial charge in [-0.25, -0.2) is 4.98 Å². The summed E-state index contributed by atoms with van der Waals surface area (Å²) in [6.45, 7) is 1.54. The second-order valence-electron chi connectivity index (χ2n) is 3.65. The Morgan fingerprint density at radius 1 is 1.47 bits per heavy atom. The molecule has 0 spiro atoms. The van der Waals surface area contributed by atoms with E-state index in [1.54, 1.807) is 13.1 Å². The van der Waals surface area contributed by atoms with E-state index in [1.807, 2.05) is 4.90 Å². The second-order valence-corrected chi connectivity index (χ2v) is 4.46. The molecule has 17 heavy (non-hydrogen) atoms. The van der Waals surface area contributed by atoms with Crippen LogP contribution in [-0.2, 0) is 4.79 Å². The summed E-state index contributed by atoms with van der Waals surface area (Å²) in [6.07, 6.45) is 0. The van der Waals surface area contributed by atoms with Gasteiger partial charge >= 0.3 is 0 Å². The third-order valence-corrected chi connectivity index (χ3v) is 3.05. The average Bonchev–Trinajstić information content (AvgIpc) is 2.29. The number of carbonyl (C=O) groups excluding carboxylic acids is 1. The average molecular weight is 275 g/mol. The molecule has 1 aromatic heterocycles. The lowest BCUT2D eigenvalue weighted by Gasteiger charge is -2.28. The maximum atomic E-state index is 11.3. The van der Waals surface area contributed by atoms with Gasteiger partial charge in [-0.15, -0.1) is 0 Å². The van der Waals surface area contributed by atoms with Crippen molar-refractivity contribution in [3.8, 4) is 0 Å². The van der Waals surface area contributed by atoms with Crippen molar-refractivity contribution in [1.29, 1.82) is 0 Å². The summed E-state index contributed by atoms with van der Waals surface area (Å²) in [5.74, 6) is 1.10. The lowest BCUT2D eigenvalue weighted by Crippen LogP contribution is -2.48. The zero-order valence-electron chi connectivity index (χ0n) is 9.26. The number of nitrogens with one attached hydrogen (secondary N) is 2. The molecule has 0 atom stereocenters. The number of pyridine rings is 1. The lowest BCUT2D eigenvalue weighted by atomic mass is 10.3. The molecule has 1 aliphatic heterocycles. The summed E-state index contributed by atoms with van der Waals surface area (Å²) in [7, 11) is 1.73. The Kier molecular flexibility index (Phi) is 3.59. The Balaban J connectivity index is 2.33. The minimum atomic E-state index is -0.0323. The van der Waals surface area contributed by atoms with E-state index in [9.17, 15) is 4.79 Å². The minimum Gasteiger partial charge on any atom is -0.372 e. The SMILES string of the molecule is CNc1nc(N2CCNC(=O)C2)c(Cl)cc1Cl. The van der Waals surface area contributed by atoms with Crippen LogP contribution in [0.25, 0.3) is 0 Å². The molecule has 0 radical (unpaired) electrons. The van der Waals surface area contributed by atoms with E-state index < -0.39 is 0 Å². The Morgan fingerprint density at radius 3 is 2.88 bits per heavy atom. The third-order valence-electron chi connectivity index (χ3n) is 2.49. The molecule has 7 heteroatoms. The van der Waals surface area contributed by atoms with E-state index in [0.717, 1.165) is 0 Å². The predicted molar refractivity (Wildman–Crippen MR) is 69.0 cm³/mol. The molecule has 1 aromatic rings. The van der Waals surface area contributed by atoms with Crippen LogP contribution in [-0.4, -0.2) is 37.6 Å². The van der Waals surface area contributed by atoms with Crippen molar-refractivity contribution in [3.63, 3.8) is 0 Å². The second kappa shape index (κ2) is 4.98. The number of anilines is 2. The molecule has 0 saturated carbocycles. The number of piperazine rings is 1. The number of carbonyl (C=O) groups is 1. The Labute approximate surface area is 109 Å². The van der Waals surface area contributed by atoms with Gasteiger partial charge in [0.25, 0.3) is 0 Å². The first-order valence-corrected chi connectivity index (χ1v) is 5.93. The summed E-state index contributed by atoms with van der Waals surface area (Å²) >= 11 is 12.1. The molecule has 2 heterocycles. The van der Waals surface area contributed by atoms with Crippen LogP contribution in [0.15, 0.2) is 6.07 Å². The van der Waals surface area contributed by atoms with Gasteiger partial charge in [0.15, 0.2) is 0 Å². The molecule has 0 aromatic carbocycles. The van der Waals surface area contributed by atoms with Crippen LogP contribution in [0, 0.1) is 0 Å². The topological polar surface area (TPSA) is 57.3 Å². The van der Waals surface area contributed by atoms with Gasteiger partial charge in [-0.3, -0.25) is 4.79 Å². The maximum Gasteiger partial charge on any atom is 0.239 e. The summed E-state index contributed by atoms with van der Waals surface area (Å²) in [5, 5.41) is 6.54. The monoisotopic (exact) mass is 274 g/mol. The predicted octanol–water partition coefficient (Wildman–Crippen LogP) is 1.37. The number of rotatable bonds is 2. The van der Waals surface area contributed by atoms with Crippen molar-refractivity contribution < 1.29 is 4.79 Å². The van der Waals surface area contributed by atoms with E-state index in [1.165, 1.54) is 0 Å². The molecular weight excluding hydrogens is 263 g/mol. The third kappa shape index (κ3) is 2.56. The number of halogens is 2. The smallest absolute Gasteiger partial charge is 0.239 e. The van der Waals surface area contributed by atoms with Crippen molar-refractivity contribution in [2.45, 2.75) is 0 Å². The van der Waals surface area contributed by atoms with Crippen molar-refractivity contribution in [2.75, 3.05) is 36.9 Å². The van der Waals surface area contributed by atoms with E-state index in [4.69, 9.17) is 23.2 Å². The van der Waals surface area contributed by atoms with Gasteiger partial charge in [0.05, 0.1) is 16.6 Å². The molecule has 1 fully saturated rings. The number of amides is 1. The molecule has 2 rings (SSSR count). The summed E-state index contributed by atoms with van der Waals surface area (Å²) in [5.41, 5.74) is 0. The zero-order chi connectivity index (χ0) is 12.4. The highest BCUT2D eigenvalue weighted by atomic mass is 35.5. The molecule has 0 unspecified atom stereocenters. The van der Waals surface area contributed by atoms with Crippen molar-refractivity contribution >= 4 is 40.7 Å². The largest absolute Gasteiger partial charge is 0.372 e. The Morgan fingerprint density at radius 2 is 2.24 bits per heavy atom. The number of hydrogen-bond acceptors (Lipinski definition) is 4. The maximum absolute atomic E-state index is 11.3. The van der Waals surface area contributed by atoms with Gasteiger partial charge in [0, 0.05) is 20.1 Å². The Hall–Kier alpha value is -1.20. The van der Waals surface area contributed by atoms with Crippen LogP contribution in [0.2, 0.25) is 10.0 Å². The first-order valence-electron chi connectivity index (χ1n) is 5.17. The van der Waals surface area contributed by atoms with Crippen molar-refractivity contribution in [2.24, 2.45) is 0 Å². The fourth-order valence-corrected chi connectivity index (χ4v) is 2.25. The molecule has 1 saturated heterocycles. The highest BCUT2D eigenvalue weighted by Gasteiger charge is 2.21. The fraction of sp³-hybridized carbons (Fsp3) is 0.400. The standard InChI is InChI=1S/C10H12Cl2N4O/c1-13-9-6(11)4-7(12)10(15-9)16-3-2-14-8(17)5-16/h4H,2-3,5H2,1H3,(H,13,15)(H,14,17). The van der Waals surface area contributed by atoms with Gasteiger partial charge in [-0.1, -0.05) is 23.2 Å². The van der Waals surface area contributed by atoms with Crippen molar-refractivity contribution in [3.05, 3.63) is 16.1 Å².